The molecule has 128 valence electrons. The normalized spacial score (nSPS) is 10.6. The van der Waals surface area contributed by atoms with Crippen LogP contribution < -0.4 is 4.74 Å². The lowest BCUT2D eigenvalue weighted by Crippen LogP contribution is -2.10. The number of furan rings is 1. The van der Waals surface area contributed by atoms with E-state index >= 15 is 0 Å². The van der Waals surface area contributed by atoms with E-state index in [9.17, 15) is 4.79 Å². The summed E-state index contributed by atoms with van der Waals surface area (Å²) in [5, 5.41) is 0.965. The van der Waals surface area contributed by atoms with E-state index in [0.717, 1.165) is 23.1 Å². The van der Waals surface area contributed by atoms with Crippen LogP contribution in [0.5, 0.6) is 5.75 Å². The quantitative estimate of drug-likeness (QED) is 0.376. The molecule has 5 nitrogen and oxygen atoms in total. The Labute approximate surface area is 145 Å². The molecule has 3 rings (SSSR count). The lowest BCUT2D eigenvalue weighted by molar-refractivity contribution is -0.145. The Morgan fingerprint density at radius 3 is 2.88 bits per heavy atom. The molecule has 0 amide bonds. The molecule has 1 aromatic carbocycles. The lowest BCUT2D eigenvalue weighted by Gasteiger charge is -2.06. The van der Waals surface area contributed by atoms with Gasteiger partial charge in [-0.25, -0.2) is 4.79 Å². The number of carbonyl (C=O) groups is 1. The molecule has 3 aromatic rings. The minimum absolute atomic E-state index is 0.173. The number of aryl methyl sites for hydroxylation is 1. The summed E-state index contributed by atoms with van der Waals surface area (Å²) >= 11 is 0. The van der Waals surface area contributed by atoms with Crippen molar-refractivity contribution in [2.45, 2.75) is 20.3 Å². The van der Waals surface area contributed by atoms with Gasteiger partial charge in [0.05, 0.1) is 0 Å². The van der Waals surface area contributed by atoms with Crippen molar-refractivity contribution in [3.8, 4) is 17.1 Å². The maximum Gasteiger partial charge on any atom is 0.335 e. The third kappa shape index (κ3) is 3.71. The average molecular weight is 337 g/mol. The molecule has 0 saturated heterocycles. The van der Waals surface area contributed by atoms with E-state index in [2.05, 4.69) is 18.5 Å². The highest BCUT2D eigenvalue weighted by molar-refractivity contribution is 5.87. The van der Waals surface area contributed by atoms with Crippen molar-refractivity contribution in [3.05, 3.63) is 60.4 Å². The van der Waals surface area contributed by atoms with Crippen molar-refractivity contribution in [1.29, 1.82) is 0 Å². The smallest absolute Gasteiger partial charge is 0.335 e. The van der Waals surface area contributed by atoms with Gasteiger partial charge in [0.15, 0.2) is 0 Å². The first kappa shape index (κ1) is 16.8. The zero-order chi connectivity index (χ0) is 17.8. The number of ether oxygens (including phenoxy) is 2. The van der Waals surface area contributed by atoms with Gasteiger partial charge in [-0.2, -0.15) is 0 Å². The molecule has 5 heteroatoms. The van der Waals surface area contributed by atoms with Gasteiger partial charge in [0.1, 0.15) is 17.1 Å². The molecule has 0 spiro atoms. The molecule has 2 heterocycles. The van der Waals surface area contributed by atoms with Gasteiger partial charge in [-0.05, 0) is 43.2 Å². The van der Waals surface area contributed by atoms with Crippen LogP contribution >= 0.6 is 0 Å². The largest absolute Gasteiger partial charge is 0.457 e. The van der Waals surface area contributed by atoms with Gasteiger partial charge in [0.2, 0.25) is 6.79 Å². The number of pyridine rings is 1. The Kier molecular flexibility index (Phi) is 4.84. The van der Waals surface area contributed by atoms with E-state index in [4.69, 9.17) is 13.9 Å². The zero-order valence-corrected chi connectivity index (χ0v) is 14.2. The Morgan fingerprint density at radius 1 is 1.28 bits per heavy atom. The Balaban J connectivity index is 1.80. The number of fused-ring (bicyclic) bond motifs is 1. The van der Waals surface area contributed by atoms with E-state index in [0.29, 0.717) is 16.9 Å². The number of benzene rings is 1. The number of esters is 1. The highest BCUT2D eigenvalue weighted by Crippen LogP contribution is 2.31. The van der Waals surface area contributed by atoms with Gasteiger partial charge in [0.25, 0.3) is 0 Å². The van der Waals surface area contributed by atoms with Gasteiger partial charge in [-0.15, -0.1) is 0 Å². The molecule has 0 aliphatic heterocycles. The topological polar surface area (TPSA) is 61.6 Å². The molecule has 25 heavy (non-hydrogen) atoms. The molecule has 0 aliphatic carbocycles. The van der Waals surface area contributed by atoms with Gasteiger partial charge in [-0.1, -0.05) is 13.5 Å². The summed E-state index contributed by atoms with van der Waals surface area (Å²) in [5.74, 6) is 0.848. The fraction of sp³-hybridized carbons (Fsp3) is 0.200. The SMILES string of the molecule is C=C(C)C(=O)OCOc1ccc2cc(-c3cnccc3CC)oc2c1. The predicted octanol–water partition coefficient (Wildman–Crippen LogP) is 4.51. The maximum absolute atomic E-state index is 11.3. The van der Waals surface area contributed by atoms with Crippen molar-refractivity contribution < 1.29 is 18.7 Å². The summed E-state index contributed by atoms with van der Waals surface area (Å²) < 4.78 is 16.3. The van der Waals surface area contributed by atoms with Crippen molar-refractivity contribution in [1.82, 2.24) is 4.98 Å². The second-order valence-electron chi connectivity index (χ2n) is 5.67. The van der Waals surface area contributed by atoms with Crippen LogP contribution in [0.2, 0.25) is 0 Å². The molecular weight excluding hydrogens is 318 g/mol. The van der Waals surface area contributed by atoms with Gasteiger partial charge in [0, 0.05) is 35.0 Å². The first-order valence-electron chi connectivity index (χ1n) is 8.00. The highest BCUT2D eigenvalue weighted by atomic mass is 16.7. The molecule has 2 aromatic heterocycles. The maximum atomic E-state index is 11.3. The van der Waals surface area contributed by atoms with Crippen LogP contribution in [0.1, 0.15) is 19.4 Å². The molecule has 0 radical (unpaired) electrons. The number of aromatic nitrogens is 1. The number of rotatable bonds is 6. The number of hydrogen-bond donors (Lipinski definition) is 0. The van der Waals surface area contributed by atoms with Crippen LogP contribution in [0.15, 0.2) is 59.3 Å². The summed E-state index contributed by atoms with van der Waals surface area (Å²) in [4.78, 5) is 15.5. The number of carbonyl (C=O) groups excluding carboxylic acids is 1. The van der Waals surface area contributed by atoms with Crippen LogP contribution in [0.4, 0.5) is 0 Å². The summed E-state index contributed by atoms with van der Waals surface area (Å²) in [5.41, 5.74) is 3.19. The summed E-state index contributed by atoms with van der Waals surface area (Å²) in [7, 11) is 0. The van der Waals surface area contributed by atoms with Crippen molar-refractivity contribution in [3.63, 3.8) is 0 Å². The first-order chi connectivity index (χ1) is 12.1. The number of nitrogens with zero attached hydrogens (tertiary/aromatic N) is 1. The first-order valence-corrected chi connectivity index (χ1v) is 8.00. The molecular formula is C20H19NO4. The van der Waals surface area contributed by atoms with E-state index < -0.39 is 5.97 Å². The van der Waals surface area contributed by atoms with Gasteiger partial charge >= 0.3 is 5.97 Å². The van der Waals surface area contributed by atoms with Crippen LogP contribution in [0.3, 0.4) is 0 Å². The van der Waals surface area contributed by atoms with E-state index in [1.807, 2.05) is 24.4 Å². The van der Waals surface area contributed by atoms with Gasteiger partial charge in [-0.3, -0.25) is 4.98 Å². The van der Waals surface area contributed by atoms with Crippen LogP contribution in [-0.4, -0.2) is 17.7 Å². The highest BCUT2D eigenvalue weighted by Gasteiger charge is 2.11. The molecule has 0 fully saturated rings. The Morgan fingerprint density at radius 2 is 2.12 bits per heavy atom. The Hall–Kier alpha value is -3.08. The summed E-state index contributed by atoms with van der Waals surface area (Å²) in [6.07, 6.45) is 4.49. The van der Waals surface area contributed by atoms with Crippen LogP contribution in [0.25, 0.3) is 22.3 Å². The fourth-order valence-electron chi connectivity index (χ4n) is 2.46. The lowest BCUT2D eigenvalue weighted by atomic mass is 10.1. The van der Waals surface area contributed by atoms with E-state index in [1.165, 1.54) is 5.56 Å². The molecule has 0 N–H and O–H groups in total. The molecule has 0 saturated carbocycles. The van der Waals surface area contributed by atoms with E-state index in [-0.39, 0.29) is 6.79 Å². The van der Waals surface area contributed by atoms with Gasteiger partial charge < -0.3 is 13.9 Å². The van der Waals surface area contributed by atoms with E-state index in [1.54, 1.807) is 25.3 Å². The molecule has 0 unspecified atom stereocenters. The standard InChI is InChI=1S/C20H19NO4/c1-4-14-7-8-21-11-17(14)19-9-15-5-6-16(10-18(15)25-19)23-12-24-20(22)13(2)3/h5-11H,2,4,12H2,1,3H3. The van der Waals surface area contributed by atoms with Crippen molar-refractivity contribution >= 4 is 16.9 Å². The summed E-state index contributed by atoms with van der Waals surface area (Å²) in [6, 6.07) is 9.46. The third-order valence-electron chi connectivity index (χ3n) is 3.81. The van der Waals surface area contributed by atoms with Crippen LogP contribution in [0, 0.1) is 0 Å². The minimum Gasteiger partial charge on any atom is -0.457 e. The average Bonchev–Trinajstić information content (AvgIpc) is 3.04. The second-order valence-corrected chi connectivity index (χ2v) is 5.67. The monoisotopic (exact) mass is 337 g/mol. The van der Waals surface area contributed by atoms with Crippen molar-refractivity contribution in [2.75, 3.05) is 6.79 Å². The fourth-order valence-corrected chi connectivity index (χ4v) is 2.46. The van der Waals surface area contributed by atoms with Crippen LogP contribution in [-0.2, 0) is 16.0 Å². The second kappa shape index (κ2) is 7.21. The zero-order valence-electron chi connectivity index (χ0n) is 14.2. The molecule has 0 atom stereocenters. The predicted molar refractivity (Wildman–Crippen MR) is 95.2 cm³/mol. The third-order valence-corrected chi connectivity index (χ3v) is 3.81. The molecule has 0 bridgehead atoms. The minimum atomic E-state index is -0.481. The molecule has 0 aliphatic rings. The number of hydrogen-bond acceptors (Lipinski definition) is 5. The Bertz CT molecular complexity index is 926. The summed E-state index contributed by atoms with van der Waals surface area (Å²) in [6.45, 7) is 7.03. The van der Waals surface area contributed by atoms with Crippen molar-refractivity contribution in [2.24, 2.45) is 0 Å².